The first kappa shape index (κ1) is 10.5. The molecule has 0 aliphatic carbocycles. The maximum Gasteiger partial charge on any atom is 0.317 e. The summed E-state index contributed by atoms with van der Waals surface area (Å²) in [5.74, 6) is 0. The largest absolute Gasteiger partial charge is 0.432 e. The van der Waals surface area contributed by atoms with E-state index >= 15 is 0 Å². The third-order valence-electron chi connectivity index (χ3n) is 2.16. The van der Waals surface area contributed by atoms with Crippen LogP contribution in [0, 0.1) is 0 Å². The Kier molecular flexibility index (Phi) is 3.32. The predicted molar refractivity (Wildman–Crippen MR) is 54.1 cm³/mol. The average molecular weight is 202 g/mol. The van der Waals surface area contributed by atoms with E-state index in [1.165, 1.54) is 0 Å². The third-order valence-corrected chi connectivity index (χ3v) is 3.74. The van der Waals surface area contributed by atoms with Crippen LogP contribution in [0.2, 0.25) is 19.1 Å². The van der Waals surface area contributed by atoms with Crippen LogP contribution in [0.15, 0.2) is 0 Å². The summed E-state index contributed by atoms with van der Waals surface area (Å²) in [5, 5.41) is 2.75. The van der Waals surface area contributed by atoms with Crippen LogP contribution in [-0.4, -0.2) is 43.7 Å². The van der Waals surface area contributed by atoms with Crippen LogP contribution >= 0.6 is 0 Å². The molecule has 0 spiro atoms. The van der Waals surface area contributed by atoms with Gasteiger partial charge in [0.15, 0.2) is 8.32 Å². The standard InChI is InChI=1S/C8H18N2O2Si/c1-13(2,12)7-3-5-10-6-4-9-8(10)11/h12H,3-7H2,1-2H3,(H,9,11). The zero-order chi connectivity index (χ0) is 9.90. The molecular weight excluding hydrogens is 184 g/mol. The van der Waals surface area contributed by atoms with Crippen molar-refractivity contribution >= 4 is 14.3 Å². The molecule has 2 N–H and O–H groups in total. The van der Waals surface area contributed by atoms with Gasteiger partial charge in [-0.05, 0) is 25.6 Å². The molecule has 5 heteroatoms. The fourth-order valence-corrected chi connectivity index (χ4v) is 2.45. The van der Waals surface area contributed by atoms with Gasteiger partial charge < -0.3 is 15.0 Å². The molecule has 1 aliphatic heterocycles. The van der Waals surface area contributed by atoms with Gasteiger partial charge >= 0.3 is 6.03 Å². The normalized spacial score (nSPS) is 17.8. The van der Waals surface area contributed by atoms with Crippen molar-refractivity contribution in [2.75, 3.05) is 19.6 Å². The Morgan fingerprint density at radius 3 is 2.77 bits per heavy atom. The maximum atomic E-state index is 11.1. The van der Waals surface area contributed by atoms with Crippen molar-refractivity contribution in [3.8, 4) is 0 Å². The minimum atomic E-state index is -1.91. The number of hydrogen-bond donors (Lipinski definition) is 2. The molecule has 0 aromatic carbocycles. The molecule has 1 aliphatic rings. The van der Waals surface area contributed by atoms with Crippen molar-refractivity contribution in [3.05, 3.63) is 0 Å². The minimum Gasteiger partial charge on any atom is -0.432 e. The Morgan fingerprint density at radius 2 is 2.31 bits per heavy atom. The molecular formula is C8H18N2O2Si. The highest BCUT2D eigenvalue weighted by atomic mass is 28.4. The molecule has 1 rings (SSSR count). The minimum absolute atomic E-state index is 0.0393. The van der Waals surface area contributed by atoms with Gasteiger partial charge in [0, 0.05) is 19.6 Å². The fourth-order valence-electron chi connectivity index (χ4n) is 1.43. The van der Waals surface area contributed by atoms with E-state index in [1.807, 2.05) is 13.1 Å². The predicted octanol–water partition coefficient (Wildman–Crippen LogP) is 0.599. The topological polar surface area (TPSA) is 52.6 Å². The second-order valence-corrected chi connectivity index (χ2v) is 8.26. The van der Waals surface area contributed by atoms with Crippen molar-refractivity contribution in [1.29, 1.82) is 0 Å². The zero-order valence-electron chi connectivity index (χ0n) is 8.34. The van der Waals surface area contributed by atoms with Gasteiger partial charge in [-0.2, -0.15) is 0 Å². The van der Waals surface area contributed by atoms with Crippen LogP contribution in [-0.2, 0) is 0 Å². The molecule has 0 atom stereocenters. The first-order valence-corrected chi connectivity index (χ1v) is 7.90. The van der Waals surface area contributed by atoms with Gasteiger partial charge in [-0.3, -0.25) is 0 Å². The molecule has 0 unspecified atom stereocenters. The van der Waals surface area contributed by atoms with Crippen molar-refractivity contribution in [1.82, 2.24) is 10.2 Å². The Morgan fingerprint density at radius 1 is 1.62 bits per heavy atom. The molecule has 1 heterocycles. The Hall–Kier alpha value is -0.553. The van der Waals surface area contributed by atoms with Crippen LogP contribution in [0.4, 0.5) is 4.79 Å². The lowest BCUT2D eigenvalue weighted by atomic mass is 10.4. The molecule has 4 nitrogen and oxygen atoms in total. The summed E-state index contributed by atoms with van der Waals surface area (Å²) in [6.45, 7) is 6.21. The van der Waals surface area contributed by atoms with E-state index in [0.29, 0.717) is 0 Å². The van der Waals surface area contributed by atoms with Crippen molar-refractivity contribution in [3.63, 3.8) is 0 Å². The van der Waals surface area contributed by atoms with Gasteiger partial charge in [0.05, 0.1) is 0 Å². The second kappa shape index (κ2) is 4.10. The van der Waals surface area contributed by atoms with Gasteiger partial charge in [-0.1, -0.05) is 0 Å². The SMILES string of the molecule is C[Si](C)(O)CCCN1CCNC1=O. The molecule has 0 aromatic rings. The first-order chi connectivity index (χ1) is 5.99. The third kappa shape index (κ3) is 3.78. The quantitative estimate of drug-likeness (QED) is 0.656. The summed E-state index contributed by atoms with van der Waals surface area (Å²) in [6, 6.07) is 0.911. The number of carbonyl (C=O) groups is 1. The Labute approximate surface area is 80.1 Å². The number of nitrogens with one attached hydrogen (secondary N) is 1. The molecule has 76 valence electrons. The number of urea groups is 1. The molecule has 0 saturated carbocycles. The molecule has 13 heavy (non-hydrogen) atoms. The molecule has 0 aromatic heterocycles. The Balaban J connectivity index is 2.16. The number of carbonyl (C=O) groups excluding carboxylic acids is 1. The summed E-state index contributed by atoms with van der Waals surface area (Å²) in [7, 11) is -1.91. The van der Waals surface area contributed by atoms with Crippen LogP contribution in [0.3, 0.4) is 0 Å². The smallest absolute Gasteiger partial charge is 0.317 e. The van der Waals surface area contributed by atoms with Crippen molar-refractivity contribution < 1.29 is 9.59 Å². The summed E-state index contributed by atoms with van der Waals surface area (Å²) in [4.78, 5) is 22.5. The van der Waals surface area contributed by atoms with Crippen molar-refractivity contribution in [2.45, 2.75) is 25.6 Å². The van der Waals surface area contributed by atoms with E-state index in [9.17, 15) is 9.59 Å². The van der Waals surface area contributed by atoms with E-state index in [-0.39, 0.29) is 6.03 Å². The van der Waals surface area contributed by atoms with E-state index in [1.54, 1.807) is 4.90 Å². The van der Waals surface area contributed by atoms with Gasteiger partial charge in [0.25, 0.3) is 0 Å². The number of nitrogens with zero attached hydrogens (tertiary/aromatic N) is 1. The number of rotatable bonds is 4. The molecule has 0 bridgehead atoms. The lowest BCUT2D eigenvalue weighted by molar-refractivity contribution is 0.217. The van der Waals surface area contributed by atoms with Crippen LogP contribution < -0.4 is 5.32 Å². The van der Waals surface area contributed by atoms with Gasteiger partial charge in [0.1, 0.15) is 0 Å². The van der Waals surface area contributed by atoms with E-state index in [0.717, 1.165) is 32.1 Å². The zero-order valence-corrected chi connectivity index (χ0v) is 9.34. The molecule has 0 radical (unpaired) electrons. The Bertz CT molecular complexity index is 191. The summed E-state index contributed by atoms with van der Waals surface area (Å²) in [6.07, 6.45) is 0.920. The highest BCUT2D eigenvalue weighted by Crippen LogP contribution is 2.09. The van der Waals surface area contributed by atoms with Crippen LogP contribution in [0.5, 0.6) is 0 Å². The average Bonchev–Trinajstić information content (AvgIpc) is 2.34. The monoisotopic (exact) mass is 202 g/mol. The highest BCUT2D eigenvalue weighted by Gasteiger charge is 2.21. The summed E-state index contributed by atoms with van der Waals surface area (Å²) in [5.41, 5.74) is 0. The van der Waals surface area contributed by atoms with Crippen molar-refractivity contribution in [2.24, 2.45) is 0 Å². The number of amides is 2. The molecule has 1 fully saturated rings. The highest BCUT2D eigenvalue weighted by molar-refractivity contribution is 6.69. The maximum absolute atomic E-state index is 11.1. The lowest BCUT2D eigenvalue weighted by Crippen LogP contribution is -2.31. The summed E-state index contributed by atoms with van der Waals surface area (Å²) < 4.78 is 0. The van der Waals surface area contributed by atoms with E-state index in [2.05, 4.69) is 5.32 Å². The second-order valence-electron chi connectivity index (χ2n) is 4.13. The number of hydrogen-bond acceptors (Lipinski definition) is 2. The lowest BCUT2D eigenvalue weighted by Gasteiger charge is -2.17. The van der Waals surface area contributed by atoms with Crippen LogP contribution in [0.25, 0.3) is 0 Å². The molecule has 2 amide bonds. The van der Waals surface area contributed by atoms with Gasteiger partial charge in [-0.25, -0.2) is 4.79 Å². The summed E-state index contributed by atoms with van der Waals surface area (Å²) >= 11 is 0. The fraction of sp³-hybridized carbons (Fsp3) is 0.875. The first-order valence-electron chi connectivity index (χ1n) is 4.74. The van der Waals surface area contributed by atoms with E-state index in [4.69, 9.17) is 0 Å². The molecule has 1 saturated heterocycles. The van der Waals surface area contributed by atoms with E-state index < -0.39 is 8.32 Å². The van der Waals surface area contributed by atoms with Gasteiger partial charge in [0.2, 0.25) is 0 Å². The van der Waals surface area contributed by atoms with Gasteiger partial charge in [-0.15, -0.1) is 0 Å². The van der Waals surface area contributed by atoms with Crippen LogP contribution in [0.1, 0.15) is 6.42 Å².